The van der Waals surface area contributed by atoms with Gasteiger partial charge in [0.25, 0.3) is 0 Å². The maximum absolute atomic E-state index is 9.20. The topological polar surface area (TPSA) is 46.2 Å². The van der Waals surface area contributed by atoms with Gasteiger partial charge in [-0.25, -0.2) is 0 Å². The quantitative estimate of drug-likeness (QED) is 0.708. The van der Waals surface area contributed by atoms with Gasteiger partial charge >= 0.3 is 0 Å². The molecule has 2 atom stereocenters. The van der Waals surface area contributed by atoms with Crippen LogP contribution in [0.2, 0.25) is 0 Å². The van der Waals surface area contributed by atoms with Gasteiger partial charge in [-0.1, -0.05) is 20.3 Å². The second-order valence-electron chi connectivity index (χ2n) is 6.14. The molecule has 90 valence electrons. The Labute approximate surface area is 94.2 Å². The number of nitrogens with two attached hydrogens (primary N) is 1. The lowest BCUT2D eigenvalue weighted by Gasteiger charge is -2.37. The zero-order valence-corrected chi connectivity index (χ0v) is 10.6. The molecule has 1 fully saturated rings. The maximum atomic E-state index is 9.20. The van der Waals surface area contributed by atoms with Crippen LogP contribution in [-0.4, -0.2) is 17.8 Å². The number of hydrogen-bond donors (Lipinski definition) is 2. The van der Waals surface area contributed by atoms with Crippen LogP contribution >= 0.6 is 0 Å². The van der Waals surface area contributed by atoms with Crippen molar-refractivity contribution in [2.24, 2.45) is 16.6 Å². The molecule has 0 saturated heterocycles. The van der Waals surface area contributed by atoms with E-state index in [2.05, 4.69) is 20.8 Å². The van der Waals surface area contributed by atoms with E-state index in [1.54, 1.807) is 0 Å². The van der Waals surface area contributed by atoms with E-state index in [0.29, 0.717) is 5.41 Å². The average molecular weight is 213 g/mol. The highest BCUT2D eigenvalue weighted by atomic mass is 16.3. The van der Waals surface area contributed by atoms with Gasteiger partial charge in [0, 0.05) is 12.6 Å². The molecule has 15 heavy (non-hydrogen) atoms. The molecule has 0 aliphatic heterocycles. The van der Waals surface area contributed by atoms with Gasteiger partial charge in [-0.3, -0.25) is 0 Å². The lowest BCUT2D eigenvalue weighted by molar-refractivity contribution is 0.128. The van der Waals surface area contributed by atoms with Gasteiger partial charge in [-0.05, 0) is 49.9 Å². The van der Waals surface area contributed by atoms with Crippen molar-refractivity contribution in [3.05, 3.63) is 0 Å². The molecule has 0 aromatic rings. The van der Waals surface area contributed by atoms with Crippen molar-refractivity contribution in [1.29, 1.82) is 0 Å². The summed E-state index contributed by atoms with van der Waals surface area (Å²) >= 11 is 0. The lowest BCUT2D eigenvalue weighted by Crippen LogP contribution is -2.40. The van der Waals surface area contributed by atoms with Gasteiger partial charge < -0.3 is 10.8 Å². The Hall–Kier alpha value is -0.0800. The van der Waals surface area contributed by atoms with E-state index in [1.165, 1.54) is 32.1 Å². The molecule has 0 aromatic heterocycles. The first-order valence-electron chi connectivity index (χ1n) is 6.28. The van der Waals surface area contributed by atoms with Gasteiger partial charge in [-0.15, -0.1) is 0 Å². The fourth-order valence-electron chi connectivity index (χ4n) is 2.91. The van der Waals surface area contributed by atoms with E-state index < -0.39 is 0 Å². The molecular formula is C13H27NO. The Balaban J connectivity index is 2.73. The van der Waals surface area contributed by atoms with Crippen molar-refractivity contribution in [1.82, 2.24) is 0 Å². The van der Waals surface area contributed by atoms with E-state index in [0.717, 1.165) is 6.42 Å². The second-order valence-corrected chi connectivity index (χ2v) is 6.14. The average Bonchev–Trinajstić information content (AvgIpc) is 2.27. The molecular weight excluding hydrogens is 186 g/mol. The van der Waals surface area contributed by atoms with E-state index in [-0.39, 0.29) is 18.1 Å². The summed E-state index contributed by atoms with van der Waals surface area (Å²) in [7, 11) is 0. The predicted molar refractivity (Wildman–Crippen MR) is 64.7 cm³/mol. The van der Waals surface area contributed by atoms with E-state index >= 15 is 0 Å². The van der Waals surface area contributed by atoms with Gasteiger partial charge in [0.05, 0.1) is 0 Å². The third-order valence-electron chi connectivity index (χ3n) is 4.40. The van der Waals surface area contributed by atoms with Crippen LogP contribution in [0, 0.1) is 10.8 Å². The van der Waals surface area contributed by atoms with Crippen LogP contribution in [0.15, 0.2) is 0 Å². The zero-order valence-electron chi connectivity index (χ0n) is 10.6. The van der Waals surface area contributed by atoms with Crippen molar-refractivity contribution in [3.8, 4) is 0 Å². The summed E-state index contributed by atoms with van der Waals surface area (Å²) < 4.78 is 0. The summed E-state index contributed by atoms with van der Waals surface area (Å²) in [6.07, 6.45) is 7.05. The van der Waals surface area contributed by atoms with Crippen molar-refractivity contribution in [3.63, 3.8) is 0 Å². The predicted octanol–water partition coefficient (Wildman–Crippen LogP) is 2.69. The summed E-state index contributed by atoms with van der Waals surface area (Å²) in [5.41, 5.74) is 6.80. The van der Waals surface area contributed by atoms with Crippen LogP contribution in [0.25, 0.3) is 0 Å². The Morgan fingerprint density at radius 3 is 2.40 bits per heavy atom. The fourth-order valence-corrected chi connectivity index (χ4v) is 2.91. The Morgan fingerprint density at radius 2 is 1.87 bits per heavy atom. The summed E-state index contributed by atoms with van der Waals surface area (Å²) in [4.78, 5) is 0. The summed E-state index contributed by atoms with van der Waals surface area (Å²) in [6, 6.07) is 0.207. The summed E-state index contributed by atoms with van der Waals surface area (Å²) in [6.45, 7) is 7.09. The van der Waals surface area contributed by atoms with Crippen LogP contribution in [0.1, 0.15) is 59.3 Å². The molecule has 2 nitrogen and oxygen atoms in total. The smallest absolute Gasteiger partial charge is 0.0436 e. The molecule has 0 aromatic carbocycles. The Morgan fingerprint density at radius 1 is 1.20 bits per heavy atom. The molecule has 1 aliphatic carbocycles. The highest BCUT2D eigenvalue weighted by Crippen LogP contribution is 2.45. The Kier molecular flexibility index (Phi) is 4.19. The van der Waals surface area contributed by atoms with Crippen LogP contribution in [0.3, 0.4) is 0 Å². The molecule has 0 radical (unpaired) electrons. The molecule has 1 rings (SSSR count). The highest BCUT2D eigenvalue weighted by molar-refractivity contribution is 4.91. The minimum Gasteiger partial charge on any atom is -0.396 e. The van der Waals surface area contributed by atoms with Gasteiger partial charge in [0.15, 0.2) is 0 Å². The molecule has 0 spiro atoms. The van der Waals surface area contributed by atoms with Crippen LogP contribution in [0.4, 0.5) is 0 Å². The van der Waals surface area contributed by atoms with Crippen LogP contribution in [-0.2, 0) is 0 Å². The van der Waals surface area contributed by atoms with Crippen molar-refractivity contribution >= 4 is 0 Å². The zero-order chi connectivity index (χ0) is 11.5. The minimum atomic E-state index is 0.197. The van der Waals surface area contributed by atoms with Crippen molar-refractivity contribution in [2.75, 3.05) is 6.61 Å². The molecule has 2 unspecified atom stereocenters. The molecule has 1 aliphatic rings. The third-order valence-corrected chi connectivity index (χ3v) is 4.40. The first-order chi connectivity index (χ1) is 6.92. The van der Waals surface area contributed by atoms with Crippen LogP contribution < -0.4 is 5.73 Å². The Bertz CT molecular complexity index is 201. The van der Waals surface area contributed by atoms with Crippen molar-refractivity contribution < 1.29 is 5.11 Å². The second kappa shape index (κ2) is 4.84. The molecule has 1 saturated carbocycles. The van der Waals surface area contributed by atoms with E-state index in [4.69, 9.17) is 5.73 Å². The van der Waals surface area contributed by atoms with Gasteiger partial charge in [0.2, 0.25) is 0 Å². The summed E-state index contributed by atoms with van der Waals surface area (Å²) in [5, 5.41) is 9.20. The fraction of sp³-hybridized carbons (Fsp3) is 1.00. The van der Waals surface area contributed by atoms with Gasteiger partial charge in [0.1, 0.15) is 0 Å². The standard InChI is InChI=1S/C13H27NO/c1-11(14)13(9-10-15)6-4-5-12(2,3)7-8-13/h11,15H,4-10,14H2,1-3H3. The largest absolute Gasteiger partial charge is 0.396 e. The first-order valence-corrected chi connectivity index (χ1v) is 6.28. The van der Waals surface area contributed by atoms with Crippen molar-refractivity contribution in [2.45, 2.75) is 65.3 Å². The highest BCUT2D eigenvalue weighted by Gasteiger charge is 2.37. The SMILES string of the molecule is CC(N)C1(CCO)CCCC(C)(C)CC1. The van der Waals surface area contributed by atoms with Crippen LogP contribution in [0.5, 0.6) is 0 Å². The first kappa shape index (κ1) is 13.0. The molecule has 0 amide bonds. The number of hydrogen-bond acceptors (Lipinski definition) is 2. The normalized spacial score (nSPS) is 33.4. The van der Waals surface area contributed by atoms with E-state index in [1.807, 2.05) is 0 Å². The molecule has 0 heterocycles. The number of aliphatic hydroxyl groups is 1. The van der Waals surface area contributed by atoms with E-state index in [9.17, 15) is 5.11 Å². The minimum absolute atomic E-state index is 0.197. The molecule has 0 bridgehead atoms. The summed E-state index contributed by atoms with van der Waals surface area (Å²) in [5.74, 6) is 0. The number of rotatable bonds is 3. The molecule has 3 N–H and O–H groups in total. The monoisotopic (exact) mass is 213 g/mol. The maximum Gasteiger partial charge on any atom is 0.0436 e. The third kappa shape index (κ3) is 3.18. The lowest BCUT2D eigenvalue weighted by atomic mass is 9.72. The van der Waals surface area contributed by atoms with Gasteiger partial charge in [-0.2, -0.15) is 0 Å². The number of aliphatic hydroxyl groups excluding tert-OH is 1. The molecule has 2 heteroatoms.